The van der Waals surface area contributed by atoms with Crippen molar-refractivity contribution < 1.29 is 0 Å². The van der Waals surface area contributed by atoms with Gasteiger partial charge in [-0.05, 0) is 25.1 Å². The van der Waals surface area contributed by atoms with Gasteiger partial charge in [0.25, 0.3) is 0 Å². The number of benzene rings is 1. The van der Waals surface area contributed by atoms with Gasteiger partial charge in [0.2, 0.25) is 5.13 Å². The monoisotopic (exact) mass is 273 g/mol. The normalized spacial score (nSPS) is 10.4. The van der Waals surface area contributed by atoms with E-state index in [1.54, 1.807) is 18.2 Å². The number of nitrogens with zero attached hydrogens (tertiary/aromatic N) is 2. The molecule has 0 saturated carbocycles. The third kappa shape index (κ3) is 2.45. The Bertz CT molecular complexity index is 499. The second-order valence-electron chi connectivity index (χ2n) is 3.07. The average Bonchev–Trinajstić information content (AvgIpc) is 2.71. The summed E-state index contributed by atoms with van der Waals surface area (Å²) < 4.78 is 0. The molecule has 0 atom stereocenters. The quantitative estimate of drug-likeness (QED) is 0.921. The molecule has 84 valence electrons. The van der Waals surface area contributed by atoms with Crippen LogP contribution >= 0.6 is 34.5 Å². The van der Waals surface area contributed by atoms with E-state index in [2.05, 4.69) is 15.5 Å². The van der Waals surface area contributed by atoms with Gasteiger partial charge in [0, 0.05) is 17.1 Å². The summed E-state index contributed by atoms with van der Waals surface area (Å²) in [6, 6.07) is 5.30. The highest BCUT2D eigenvalue weighted by molar-refractivity contribution is 7.18. The van der Waals surface area contributed by atoms with Gasteiger partial charge in [-0.15, -0.1) is 10.2 Å². The lowest BCUT2D eigenvalue weighted by atomic mass is 10.2. The molecule has 6 heteroatoms. The van der Waals surface area contributed by atoms with Crippen LogP contribution in [0.2, 0.25) is 10.0 Å². The molecule has 0 aliphatic rings. The second-order valence-corrected chi connectivity index (χ2v) is 4.89. The molecule has 1 aromatic heterocycles. The number of hydrogen-bond donors (Lipinski definition) is 1. The minimum atomic E-state index is 0.628. The van der Waals surface area contributed by atoms with E-state index in [0.717, 1.165) is 22.2 Å². The number of anilines is 1. The van der Waals surface area contributed by atoms with Gasteiger partial charge in [-0.25, -0.2) is 0 Å². The Labute approximate surface area is 107 Å². The van der Waals surface area contributed by atoms with Gasteiger partial charge in [0.05, 0.1) is 5.02 Å². The maximum atomic E-state index is 6.08. The molecule has 2 aromatic rings. The molecule has 3 nitrogen and oxygen atoms in total. The topological polar surface area (TPSA) is 37.8 Å². The van der Waals surface area contributed by atoms with E-state index >= 15 is 0 Å². The number of aromatic nitrogens is 2. The minimum Gasteiger partial charge on any atom is -0.360 e. The van der Waals surface area contributed by atoms with E-state index in [1.807, 2.05) is 6.92 Å². The summed E-state index contributed by atoms with van der Waals surface area (Å²) in [5.41, 5.74) is 0.816. The largest absolute Gasteiger partial charge is 0.360 e. The Morgan fingerprint density at radius 1 is 1.31 bits per heavy atom. The highest BCUT2D eigenvalue weighted by Crippen LogP contribution is 2.33. The molecular weight excluding hydrogens is 265 g/mol. The highest BCUT2D eigenvalue weighted by Gasteiger charge is 2.10. The van der Waals surface area contributed by atoms with Gasteiger partial charge in [-0.3, -0.25) is 0 Å². The summed E-state index contributed by atoms with van der Waals surface area (Å²) in [6.07, 6.45) is 0. The first-order valence-corrected chi connectivity index (χ1v) is 6.30. The Balaban J connectivity index is 2.38. The van der Waals surface area contributed by atoms with Crippen LogP contribution in [0.4, 0.5) is 5.13 Å². The lowest BCUT2D eigenvalue weighted by Crippen LogP contribution is -1.94. The molecule has 0 aliphatic heterocycles. The molecule has 16 heavy (non-hydrogen) atoms. The maximum absolute atomic E-state index is 6.08. The number of hydrogen-bond acceptors (Lipinski definition) is 4. The standard InChI is InChI=1S/C10H9Cl2N3S/c1-2-13-10-15-14-9(16-10)7-5-6(11)3-4-8(7)12/h3-5H,2H2,1H3,(H,13,15). The van der Waals surface area contributed by atoms with Gasteiger partial charge >= 0.3 is 0 Å². The smallest absolute Gasteiger partial charge is 0.205 e. The van der Waals surface area contributed by atoms with Crippen molar-refractivity contribution in [2.75, 3.05) is 11.9 Å². The highest BCUT2D eigenvalue weighted by atomic mass is 35.5. The molecular formula is C10H9Cl2N3S. The van der Waals surface area contributed by atoms with Crippen LogP contribution in [0.1, 0.15) is 6.92 Å². The zero-order valence-electron chi connectivity index (χ0n) is 8.50. The van der Waals surface area contributed by atoms with E-state index < -0.39 is 0 Å². The molecule has 0 radical (unpaired) electrons. The van der Waals surface area contributed by atoms with Crippen molar-refractivity contribution in [2.45, 2.75) is 6.92 Å². The minimum absolute atomic E-state index is 0.628. The third-order valence-electron chi connectivity index (χ3n) is 1.91. The van der Waals surface area contributed by atoms with Crippen LogP contribution in [0.15, 0.2) is 18.2 Å². The van der Waals surface area contributed by atoms with Crippen LogP contribution in [0, 0.1) is 0 Å². The van der Waals surface area contributed by atoms with E-state index in [-0.39, 0.29) is 0 Å². The first-order valence-electron chi connectivity index (χ1n) is 4.73. The van der Waals surface area contributed by atoms with Crippen molar-refractivity contribution >= 4 is 39.7 Å². The average molecular weight is 274 g/mol. The molecule has 0 amide bonds. The number of nitrogens with one attached hydrogen (secondary N) is 1. The fourth-order valence-corrected chi connectivity index (χ4v) is 2.49. The fraction of sp³-hybridized carbons (Fsp3) is 0.200. The Morgan fingerprint density at radius 2 is 2.12 bits per heavy atom. The predicted octanol–water partition coefficient (Wildman–Crippen LogP) is 3.94. The molecule has 0 fully saturated rings. The Kier molecular flexibility index (Phi) is 3.63. The van der Waals surface area contributed by atoms with Crippen LogP contribution in [-0.4, -0.2) is 16.7 Å². The summed E-state index contributed by atoms with van der Waals surface area (Å²) in [4.78, 5) is 0. The van der Waals surface area contributed by atoms with Crippen molar-refractivity contribution in [2.24, 2.45) is 0 Å². The molecule has 1 aromatic carbocycles. The summed E-state index contributed by atoms with van der Waals surface area (Å²) in [5, 5.41) is 14.0. The van der Waals surface area contributed by atoms with E-state index in [1.165, 1.54) is 11.3 Å². The van der Waals surface area contributed by atoms with Gasteiger partial charge in [-0.1, -0.05) is 34.5 Å². The molecule has 0 spiro atoms. The molecule has 0 unspecified atom stereocenters. The van der Waals surface area contributed by atoms with E-state index in [9.17, 15) is 0 Å². The second kappa shape index (κ2) is 4.99. The predicted molar refractivity (Wildman–Crippen MR) is 69.5 cm³/mol. The zero-order valence-corrected chi connectivity index (χ0v) is 10.8. The summed E-state index contributed by atoms with van der Waals surface area (Å²) in [5.74, 6) is 0. The molecule has 0 bridgehead atoms. The van der Waals surface area contributed by atoms with Crippen molar-refractivity contribution in [3.8, 4) is 10.6 Å². The Hall–Kier alpha value is -0.840. The van der Waals surface area contributed by atoms with Crippen molar-refractivity contribution in [1.29, 1.82) is 0 Å². The van der Waals surface area contributed by atoms with Crippen molar-refractivity contribution in [3.05, 3.63) is 28.2 Å². The van der Waals surface area contributed by atoms with Crippen LogP contribution < -0.4 is 5.32 Å². The zero-order chi connectivity index (χ0) is 11.5. The first kappa shape index (κ1) is 11.6. The SMILES string of the molecule is CCNc1nnc(-c2cc(Cl)ccc2Cl)s1. The molecule has 1 N–H and O–H groups in total. The molecule has 1 heterocycles. The van der Waals surface area contributed by atoms with Crippen LogP contribution in [0.5, 0.6) is 0 Å². The Morgan fingerprint density at radius 3 is 2.88 bits per heavy atom. The van der Waals surface area contributed by atoms with Crippen LogP contribution in [0.25, 0.3) is 10.6 Å². The van der Waals surface area contributed by atoms with Gasteiger partial charge in [0.15, 0.2) is 5.01 Å². The lowest BCUT2D eigenvalue weighted by molar-refractivity contribution is 1.07. The van der Waals surface area contributed by atoms with Crippen LogP contribution in [-0.2, 0) is 0 Å². The van der Waals surface area contributed by atoms with Gasteiger partial charge < -0.3 is 5.32 Å². The summed E-state index contributed by atoms with van der Waals surface area (Å²) in [7, 11) is 0. The van der Waals surface area contributed by atoms with Crippen LogP contribution in [0.3, 0.4) is 0 Å². The maximum Gasteiger partial charge on any atom is 0.205 e. The summed E-state index contributed by atoms with van der Waals surface area (Å²) >= 11 is 13.5. The fourth-order valence-electron chi connectivity index (χ4n) is 1.22. The number of halogens is 2. The van der Waals surface area contributed by atoms with E-state index in [0.29, 0.717) is 10.0 Å². The third-order valence-corrected chi connectivity index (χ3v) is 3.39. The first-order chi connectivity index (χ1) is 7.70. The van der Waals surface area contributed by atoms with Crippen molar-refractivity contribution in [3.63, 3.8) is 0 Å². The molecule has 0 aliphatic carbocycles. The van der Waals surface area contributed by atoms with Crippen molar-refractivity contribution in [1.82, 2.24) is 10.2 Å². The van der Waals surface area contributed by atoms with Gasteiger partial charge in [0.1, 0.15) is 0 Å². The lowest BCUT2D eigenvalue weighted by Gasteiger charge is -1.99. The number of rotatable bonds is 3. The molecule has 0 saturated heterocycles. The van der Waals surface area contributed by atoms with Gasteiger partial charge in [-0.2, -0.15) is 0 Å². The molecule has 2 rings (SSSR count). The summed E-state index contributed by atoms with van der Waals surface area (Å²) in [6.45, 7) is 2.82. The van der Waals surface area contributed by atoms with E-state index in [4.69, 9.17) is 23.2 Å².